The molecule has 0 amide bonds. The largest absolute Gasteiger partial charge is 3.00 e. The van der Waals surface area contributed by atoms with Gasteiger partial charge in [0.25, 0.3) is 0 Å². The molecule has 26 heteroatoms. The quantitative estimate of drug-likeness (QED) is 0.0749. The molecule has 7 aromatic rings. The summed E-state index contributed by atoms with van der Waals surface area (Å²) in [6.07, 6.45) is -14.1. The number of hydrogen-bond acceptors (Lipinski definition) is 4. The maximum Gasteiger partial charge on any atom is 3.00 e. The predicted molar refractivity (Wildman–Crippen MR) is 188 cm³/mol. The van der Waals surface area contributed by atoms with Crippen LogP contribution in [0.25, 0.3) is 44.3 Å². The molecule has 4 heterocycles. The Morgan fingerprint density at radius 2 is 0.734 bits per heavy atom. The van der Waals surface area contributed by atoms with Gasteiger partial charge in [-0.1, -0.05) is 71.8 Å². The van der Waals surface area contributed by atoms with E-state index >= 15 is 0 Å². The SMILES string of the molecule is F[P-](F)(F)(F)(F)F.Fc1cc(C(F)(F)F)c[c-]c1-c1ccc(C(F)(F)F)cn1.Fc1cc(C(F)(F)F)c[c-]c1-c1ccc(C(F)(F)F)cn1.[Ir+3].c1cnc2c(c1)ccc1cccnc12. The van der Waals surface area contributed by atoms with Gasteiger partial charge < -0.3 is 9.97 Å². The zero-order chi connectivity index (χ0) is 47.5. The van der Waals surface area contributed by atoms with Crippen molar-refractivity contribution in [2.45, 2.75) is 24.7 Å². The molecule has 0 N–H and O–H groups in total. The Labute approximate surface area is 358 Å². The Bertz CT molecular complexity index is 2500. The standard InChI is InChI=1S/2C13H5F7N.C12H8N2.F6P.Ir/c2*14-10-5-7(12(15,16)17)1-3-9(10)11-4-2-8(6-21-11)13(18,19)20;1-3-9-5-6-10-4-2-8-14-12(10)11(9)13-7-1;1-7(2,3,4,5)6;/h2*1-2,4-6H;1-8H;;/q2*-1;;-1;+3. The van der Waals surface area contributed by atoms with Crippen molar-refractivity contribution >= 4 is 29.6 Å². The topological polar surface area (TPSA) is 51.6 Å². The van der Waals surface area contributed by atoms with Crippen LogP contribution in [0.15, 0.2) is 110 Å². The number of alkyl halides is 12. The van der Waals surface area contributed by atoms with Crippen LogP contribution >= 0.6 is 7.81 Å². The Balaban J connectivity index is 0.000000239. The van der Waals surface area contributed by atoms with Crippen LogP contribution in [-0.4, -0.2) is 19.9 Å². The van der Waals surface area contributed by atoms with E-state index < -0.39 is 77.5 Å². The minimum absolute atomic E-state index is 0. The second kappa shape index (κ2) is 18.5. The molecule has 0 saturated carbocycles. The average Bonchev–Trinajstić information content (AvgIpc) is 3.16. The van der Waals surface area contributed by atoms with Crippen molar-refractivity contribution in [2.75, 3.05) is 0 Å². The minimum Gasteiger partial charge on any atom is -0.304 e. The molecule has 0 saturated heterocycles. The van der Waals surface area contributed by atoms with Crippen LogP contribution in [0.3, 0.4) is 0 Å². The third-order valence-corrected chi connectivity index (χ3v) is 7.48. The van der Waals surface area contributed by atoms with Crippen LogP contribution in [0.2, 0.25) is 0 Å². The summed E-state index contributed by atoms with van der Waals surface area (Å²) < 4.78 is 235. The second-order valence-corrected chi connectivity index (χ2v) is 14.2. The number of nitrogens with zero attached hydrogens (tertiary/aromatic N) is 4. The molecule has 0 aliphatic rings. The first-order chi connectivity index (χ1) is 28.6. The summed E-state index contributed by atoms with van der Waals surface area (Å²) in [5.74, 6) is -2.53. The average molecular weight is 1130 g/mol. The van der Waals surface area contributed by atoms with E-state index in [4.69, 9.17) is 0 Å². The molecule has 0 aliphatic carbocycles. The number of halogens is 20. The Morgan fingerprint density at radius 3 is 0.984 bits per heavy atom. The van der Waals surface area contributed by atoms with Gasteiger partial charge in [0.2, 0.25) is 0 Å². The molecule has 0 spiro atoms. The van der Waals surface area contributed by atoms with Gasteiger partial charge in [-0.2, -0.15) is 52.7 Å². The molecule has 3 aromatic carbocycles. The van der Waals surface area contributed by atoms with Crippen molar-refractivity contribution in [2.24, 2.45) is 0 Å². The fourth-order valence-electron chi connectivity index (χ4n) is 4.76. The van der Waals surface area contributed by atoms with E-state index in [1.165, 1.54) is 0 Å². The first-order valence-corrected chi connectivity index (χ1v) is 18.4. The van der Waals surface area contributed by atoms with E-state index in [1.807, 2.05) is 24.3 Å². The van der Waals surface area contributed by atoms with E-state index in [1.54, 1.807) is 12.4 Å². The van der Waals surface area contributed by atoms with Gasteiger partial charge in [-0.15, -0.1) is 24.3 Å². The maximum atomic E-state index is 13.6. The number of rotatable bonds is 2. The van der Waals surface area contributed by atoms with Crippen molar-refractivity contribution in [1.29, 1.82) is 0 Å². The van der Waals surface area contributed by atoms with Crippen LogP contribution in [0.4, 0.5) is 86.6 Å². The van der Waals surface area contributed by atoms with Gasteiger partial charge in [0.15, 0.2) is 0 Å². The summed E-state index contributed by atoms with van der Waals surface area (Å²) in [7, 11) is -10.7. The van der Waals surface area contributed by atoms with Crippen molar-refractivity contribution in [3.05, 3.63) is 156 Å². The van der Waals surface area contributed by atoms with Gasteiger partial charge in [0.05, 0.1) is 22.2 Å². The molecule has 0 radical (unpaired) electrons. The van der Waals surface area contributed by atoms with Crippen LogP contribution in [0.5, 0.6) is 0 Å². The summed E-state index contributed by atoms with van der Waals surface area (Å²) in [6, 6.07) is 20.8. The minimum atomic E-state index is -10.7. The molecule has 0 bridgehead atoms. The number of pyridine rings is 4. The van der Waals surface area contributed by atoms with E-state index in [9.17, 15) is 86.6 Å². The van der Waals surface area contributed by atoms with Gasteiger partial charge in [-0.3, -0.25) is 18.7 Å². The van der Waals surface area contributed by atoms with Crippen molar-refractivity contribution in [1.82, 2.24) is 19.9 Å². The molecule has 64 heavy (non-hydrogen) atoms. The van der Waals surface area contributed by atoms with E-state index in [0.717, 1.165) is 33.9 Å². The molecular formula is C38H18F20IrN4P. The second-order valence-electron chi connectivity index (χ2n) is 12.3. The fraction of sp³-hybridized carbons (Fsp3) is 0.105. The van der Waals surface area contributed by atoms with E-state index in [-0.39, 0.29) is 43.6 Å². The molecular weight excluding hydrogens is 1120 g/mol. The maximum absolute atomic E-state index is 13.6. The number of hydrogen-bond donors (Lipinski definition) is 0. The number of fused-ring (bicyclic) bond motifs is 3. The summed E-state index contributed by atoms with van der Waals surface area (Å²) >= 11 is 0. The van der Waals surface area contributed by atoms with Crippen LogP contribution < -0.4 is 0 Å². The van der Waals surface area contributed by atoms with Crippen molar-refractivity contribution in [3.63, 3.8) is 0 Å². The summed E-state index contributed by atoms with van der Waals surface area (Å²) in [5, 5.41) is 2.28. The molecule has 4 nitrogen and oxygen atoms in total. The van der Waals surface area contributed by atoms with Gasteiger partial charge >= 0.3 is 77.8 Å². The summed E-state index contributed by atoms with van der Waals surface area (Å²) in [6.45, 7) is 0. The van der Waals surface area contributed by atoms with Crippen LogP contribution in [0.1, 0.15) is 22.3 Å². The van der Waals surface area contributed by atoms with Crippen molar-refractivity contribution in [3.8, 4) is 22.5 Å². The van der Waals surface area contributed by atoms with Gasteiger partial charge in [-0.05, 0) is 34.6 Å². The first-order valence-electron chi connectivity index (χ1n) is 16.4. The van der Waals surface area contributed by atoms with Crippen LogP contribution in [-0.2, 0) is 44.8 Å². The summed E-state index contributed by atoms with van der Waals surface area (Å²) in [5.41, 5.74) is -3.96. The normalized spacial score (nSPS) is 13.1. The van der Waals surface area contributed by atoms with Gasteiger partial charge in [0, 0.05) is 47.2 Å². The van der Waals surface area contributed by atoms with Gasteiger partial charge in [0.1, 0.15) is 0 Å². The molecule has 4 aromatic heterocycles. The fourth-order valence-corrected chi connectivity index (χ4v) is 4.76. The third-order valence-electron chi connectivity index (χ3n) is 7.48. The molecule has 0 unspecified atom stereocenters. The molecule has 7 rings (SSSR count). The molecule has 344 valence electrons. The van der Waals surface area contributed by atoms with E-state index in [2.05, 4.69) is 44.2 Å². The predicted octanol–water partition coefficient (Wildman–Crippen LogP) is 15.6. The monoisotopic (exact) mass is 1130 g/mol. The Kier molecular flexibility index (Phi) is 15.3. The van der Waals surface area contributed by atoms with Gasteiger partial charge in [-0.25, -0.2) is 0 Å². The smallest absolute Gasteiger partial charge is 0.304 e. The Morgan fingerprint density at radius 1 is 0.422 bits per heavy atom. The van der Waals surface area contributed by atoms with Crippen LogP contribution in [0, 0.1) is 23.8 Å². The van der Waals surface area contributed by atoms with Crippen molar-refractivity contribution < 1.29 is 107 Å². The third kappa shape index (κ3) is 16.2. The zero-order valence-electron chi connectivity index (χ0n) is 30.5. The molecule has 0 aliphatic heterocycles. The number of benzene rings is 3. The Hall–Kier alpha value is -5.54. The first kappa shape index (κ1) is 52.8. The molecule has 0 atom stereocenters. The van der Waals surface area contributed by atoms with E-state index in [0.29, 0.717) is 36.7 Å². The zero-order valence-corrected chi connectivity index (χ0v) is 33.8. The summed E-state index contributed by atoms with van der Waals surface area (Å²) in [4.78, 5) is 15.5. The molecule has 0 fully saturated rings. The number of aromatic nitrogens is 4.